The van der Waals surface area contributed by atoms with Crippen LogP contribution in [0.5, 0.6) is 0 Å². The van der Waals surface area contributed by atoms with Gasteiger partial charge < -0.3 is 9.84 Å². The number of thiazole rings is 1. The number of ether oxygens (including phenoxy) is 1. The molecule has 5 heteroatoms. The van der Waals surface area contributed by atoms with Crippen molar-refractivity contribution >= 4 is 17.3 Å². The van der Waals surface area contributed by atoms with Gasteiger partial charge in [0.2, 0.25) is 0 Å². The summed E-state index contributed by atoms with van der Waals surface area (Å²) in [5, 5.41) is 11.7. The molecule has 1 aromatic rings. The van der Waals surface area contributed by atoms with E-state index in [1.165, 1.54) is 11.3 Å². The average molecular weight is 199 g/mol. The SMILES string of the molecule is Cc1nc(C2(C(=O)O)COC2)cs1. The van der Waals surface area contributed by atoms with Crippen LogP contribution in [-0.2, 0) is 14.9 Å². The van der Waals surface area contributed by atoms with E-state index in [-0.39, 0.29) is 13.2 Å². The standard InChI is InChI=1S/C8H9NO3S/c1-5-9-6(2-13-5)8(7(10)11)3-12-4-8/h2H,3-4H2,1H3,(H,10,11). The highest BCUT2D eigenvalue weighted by Crippen LogP contribution is 2.33. The number of aryl methyl sites for hydroxylation is 1. The normalized spacial score (nSPS) is 19.5. The summed E-state index contributed by atoms with van der Waals surface area (Å²) in [5.74, 6) is -0.843. The summed E-state index contributed by atoms with van der Waals surface area (Å²) in [4.78, 5) is 15.2. The fourth-order valence-corrected chi connectivity index (χ4v) is 1.98. The van der Waals surface area contributed by atoms with Crippen LogP contribution in [0.4, 0.5) is 0 Å². The third-order valence-electron chi connectivity index (χ3n) is 2.22. The van der Waals surface area contributed by atoms with Gasteiger partial charge in [0.15, 0.2) is 5.41 Å². The first kappa shape index (κ1) is 8.65. The van der Waals surface area contributed by atoms with Crippen molar-refractivity contribution in [2.24, 2.45) is 0 Å². The molecule has 0 aromatic carbocycles. The van der Waals surface area contributed by atoms with Crippen molar-refractivity contribution in [3.8, 4) is 0 Å². The molecule has 1 N–H and O–H groups in total. The molecule has 70 valence electrons. The number of carboxylic acids is 1. The molecule has 1 aliphatic heterocycles. The number of hydrogen-bond donors (Lipinski definition) is 1. The average Bonchev–Trinajstić information content (AvgIpc) is 2.32. The Labute approximate surface area is 79.2 Å². The molecule has 0 unspecified atom stereocenters. The minimum absolute atomic E-state index is 0.242. The van der Waals surface area contributed by atoms with Gasteiger partial charge in [-0.2, -0.15) is 0 Å². The summed E-state index contributed by atoms with van der Waals surface area (Å²) in [6.07, 6.45) is 0. The van der Waals surface area contributed by atoms with E-state index in [4.69, 9.17) is 9.84 Å². The van der Waals surface area contributed by atoms with Crippen molar-refractivity contribution in [3.63, 3.8) is 0 Å². The smallest absolute Gasteiger partial charge is 0.320 e. The van der Waals surface area contributed by atoms with Gasteiger partial charge in [0, 0.05) is 5.38 Å². The van der Waals surface area contributed by atoms with Crippen LogP contribution in [0.3, 0.4) is 0 Å². The number of carbonyl (C=O) groups is 1. The first-order valence-corrected chi connectivity index (χ1v) is 4.77. The molecular formula is C8H9NO3S. The van der Waals surface area contributed by atoms with Crippen LogP contribution in [0.2, 0.25) is 0 Å². The second-order valence-corrected chi connectivity index (χ2v) is 4.19. The van der Waals surface area contributed by atoms with Crippen LogP contribution >= 0.6 is 11.3 Å². The molecule has 2 rings (SSSR count). The first-order chi connectivity index (χ1) is 6.15. The first-order valence-electron chi connectivity index (χ1n) is 3.89. The number of aromatic nitrogens is 1. The predicted octanol–water partition coefficient (Wildman–Crippen LogP) is 0.804. The Morgan fingerprint density at radius 2 is 2.46 bits per heavy atom. The second kappa shape index (κ2) is 2.78. The minimum Gasteiger partial charge on any atom is -0.480 e. The molecule has 0 atom stereocenters. The summed E-state index contributed by atoms with van der Waals surface area (Å²) < 4.78 is 4.95. The lowest BCUT2D eigenvalue weighted by Crippen LogP contribution is -2.53. The highest BCUT2D eigenvalue weighted by atomic mass is 32.1. The Hall–Kier alpha value is -0.940. The van der Waals surface area contributed by atoms with Gasteiger partial charge in [0.05, 0.1) is 23.9 Å². The van der Waals surface area contributed by atoms with Gasteiger partial charge in [-0.05, 0) is 6.92 Å². The maximum atomic E-state index is 11.0. The van der Waals surface area contributed by atoms with Gasteiger partial charge >= 0.3 is 5.97 Å². The fraction of sp³-hybridized carbons (Fsp3) is 0.500. The van der Waals surface area contributed by atoms with E-state index in [2.05, 4.69) is 4.98 Å². The van der Waals surface area contributed by atoms with Gasteiger partial charge in [-0.3, -0.25) is 4.79 Å². The van der Waals surface area contributed by atoms with Gasteiger partial charge in [0.1, 0.15) is 0 Å². The van der Waals surface area contributed by atoms with E-state index in [9.17, 15) is 4.79 Å². The Morgan fingerprint density at radius 1 is 1.77 bits per heavy atom. The van der Waals surface area contributed by atoms with E-state index in [1.54, 1.807) is 5.38 Å². The molecule has 1 aliphatic rings. The molecular weight excluding hydrogens is 190 g/mol. The fourth-order valence-electron chi connectivity index (χ4n) is 1.27. The number of aliphatic carboxylic acids is 1. The lowest BCUT2D eigenvalue weighted by molar-refractivity contribution is -0.163. The van der Waals surface area contributed by atoms with Crippen molar-refractivity contribution in [2.75, 3.05) is 13.2 Å². The Morgan fingerprint density at radius 3 is 2.77 bits per heavy atom. The highest BCUT2D eigenvalue weighted by molar-refractivity contribution is 7.09. The van der Waals surface area contributed by atoms with Gasteiger partial charge in [0.25, 0.3) is 0 Å². The van der Waals surface area contributed by atoms with E-state index in [0.717, 1.165) is 5.01 Å². The topological polar surface area (TPSA) is 59.4 Å². The molecule has 1 aromatic heterocycles. The molecule has 1 fully saturated rings. The highest BCUT2D eigenvalue weighted by Gasteiger charge is 2.49. The van der Waals surface area contributed by atoms with Crippen LogP contribution < -0.4 is 0 Å². The molecule has 0 radical (unpaired) electrons. The maximum absolute atomic E-state index is 11.0. The lowest BCUT2D eigenvalue weighted by atomic mass is 9.83. The summed E-state index contributed by atoms with van der Waals surface area (Å²) in [7, 11) is 0. The zero-order chi connectivity index (χ0) is 9.47. The zero-order valence-electron chi connectivity index (χ0n) is 7.11. The largest absolute Gasteiger partial charge is 0.480 e. The van der Waals surface area contributed by atoms with Crippen LogP contribution in [0, 0.1) is 6.92 Å². The molecule has 0 saturated carbocycles. The molecule has 0 amide bonds. The Bertz CT molecular complexity index is 343. The summed E-state index contributed by atoms with van der Waals surface area (Å²) in [6.45, 7) is 2.35. The van der Waals surface area contributed by atoms with Crippen molar-refractivity contribution in [1.82, 2.24) is 4.98 Å². The van der Waals surface area contributed by atoms with Gasteiger partial charge in [-0.15, -0.1) is 11.3 Å². The molecule has 2 heterocycles. The predicted molar refractivity (Wildman–Crippen MR) is 47.0 cm³/mol. The molecule has 0 aliphatic carbocycles. The van der Waals surface area contributed by atoms with E-state index in [0.29, 0.717) is 5.69 Å². The minimum atomic E-state index is -0.870. The summed E-state index contributed by atoms with van der Waals surface area (Å²) in [6, 6.07) is 0. The lowest BCUT2D eigenvalue weighted by Gasteiger charge is -2.35. The van der Waals surface area contributed by atoms with Gasteiger partial charge in [-0.1, -0.05) is 0 Å². The van der Waals surface area contributed by atoms with Gasteiger partial charge in [-0.25, -0.2) is 4.98 Å². The molecule has 1 saturated heterocycles. The number of hydrogen-bond acceptors (Lipinski definition) is 4. The van der Waals surface area contributed by atoms with Crippen molar-refractivity contribution < 1.29 is 14.6 Å². The molecule has 0 bridgehead atoms. The van der Waals surface area contributed by atoms with Crippen molar-refractivity contribution in [3.05, 3.63) is 16.1 Å². The van der Waals surface area contributed by atoms with Crippen LogP contribution in [0.1, 0.15) is 10.7 Å². The zero-order valence-corrected chi connectivity index (χ0v) is 7.93. The van der Waals surface area contributed by atoms with Crippen molar-refractivity contribution in [1.29, 1.82) is 0 Å². The molecule has 13 heavy (non-hydrogen) atoms. The Balaban J connectivity index is 2.37. The Kier molecular flexibility index (Phi) is 1.85. The van der Waals surface area contributed by atoms with Crippen LogP contribution in [-0.4, -0.2) is 29.3 Å². The summed E-state index contributed by atoms with van der Waals surface area (Å²) in [5.41, 5.74) is -0.237. The van der Waals surface area contributed by atoms with Crippen molar-refractivity contribution in [2.45, 2.75) is 12.3 Å². The third-order valence-corrected chi connectivity index (χ3v) is 2.99. The van der Waals surface area contributed by atoms with E-state index >= 15 is 0 Å². The molecule has 0 spiro atoms. The number of rotatable bonds is 2. The molecule has 4 nitrogen and oxygen atoms in total. The summed E-state index contributed by atoms with van der Waals surface area (Å²) >= 11 is 1.47. The van der Waals surface area contributed by atoms with Crippen LogP contribution in [0.15, 0.2) is 5.38 Å². The maximum Gasteiger partial charge on any atom is 0.320 e. The third kappa shape index (κ3) is 1.15. The second-order valence-electron chi connectivity index (χ2n) is 3.13. The van der Waals surface area contributed by atoms with E-state index in [1.807, 2.05) is 6.92 Å². The quantitative estimate of drug-likeness (QED) is 0.765. The van der Waals surface area contributed by atoms with E-state index < -0.39 is 11.4 Å². The number of nitrogens with zero attached hydrogens (tertiary/aromatic N) is 1. The monoisotopic (exact) mass is 199 g/mol. The van der Waals surface area contributed by atoms with Crippen LogP contribution in [0.25, 0.3) is 0 Å². The number of carboxylic acid groups (broad SMARTS) is 1.